The number of alkyl halides is 3. The first-order valence-corrected chi connectivity index (χ1v) is 13.0. The zero-order valence-electron chi connectivity index (χ0n) is 19.1. The number of rotatable bonds is 5. The first kappa shape index (κ1) is 24.8. The molecule has 2 atom stereocenters. The predicted molar refractivity (Wildman–Crippen MR) is 118 cm³/mol. The Morgan fingerprint density at radius 3 is 2.29 bits per heavy atom. The van der Waals surface area contributed by atoms with Gasteiger partial charge < -0.3 is 14.9 Å². The molecule has 2 saturated heterocycles. The minimum Gasteiger partial charge on any atom is -0.480 e. The van der Waals surface area contributed by atoms with Gasteiger partial charge in [-0.1, -0.05) is 13.8 Å². The minimum absolute atomic E-state index is 0.312. The standard InChI is InChI=1S/C23H29F3N2O5S/c1-14-5-9-27(10-6-14)15-3-4-19(17(11-15)23(24,25)26)34(32,33)16-12-18(20(29)30)28(13-16)21(31)22(2)7-8-22/h3-4,11,14,16,18H,5-10,12-13H2,1-2H3,(H,29,30)/t16-,18+/m1/s1. The number of carbonyl (C=O) groups excluding carboxylic acids is 1. The fourth-order valence-corrected chi connectivity index (χ4v) is 6.75. The second-order valence-electron chi connectivity index (χ2n) is 10.1. The largest absolute Gasteiger partial charge is 0.480 e. The Balaban J connectivity index is 1.67. The number of nitrogens with zero attached hydrogens (tertiary/aromatic N) is 2. The van der Waals surface area contributed by atoms with Crippen LogP contribution in [0.5, 0.6) is 0 Å². The molecule has 0 aromatic heterocycles. The van der Waals surface area contributed by atoms with Crippen LogP contribution in [0.1, 0.15) is 51.5 Å². The number of halogens is 3. The molecule has 3 fully saturated rings. The number of carboxylic acid groups (broad SMARTS) is 1. The summed E-state index contributed by atoms with van der Waals surface area (Å²) in [7, 11) is -4.56. The molecule has 1 aliphatic carbocycles. The van der Waals surface area contributed by atoms with Gasteiger partial charge in [-0.05, 0) is 56.2 Å². The van der Waals surface area contributed by atoms with Crippen molar-refractivity contribution in [2.24, 2.45) is 11.3 Å². The quantitative estimate of drug-likeness (QED) is 0.662. The number of anilines is 1. The SMILES string of the molecule is CC1CCN(c2ccc(S(=O)(=O)[C@@H]3C[C@@H](C(=O)O)N(C(=O)C4(C)CC4)C3)c(C(F)(F)F)c2)CC1. The van der Waals surface area contributed by atoms with Crippen LogP contribution in [0.25, 0.3) is 0 Å². The lowest BCUT2D eigenvalue weighted by molar-refractivity contribution is -0.150. The lowest BCUT2D eigenvalue weighted by atomic mass is 9.98. The number of hydrogen-bond donors (Lipinski definition) is 1. The number of piperidine rings is 1. The van der Waals surface area contributed by atoms with E-state index in [2.05, 4.69) is 6.92 Å². The van der Waals surface area contributed by atoms with Crippen molar-refractivity contribution < 1.29 is 36.3 Å². The van der Waals surface area contributed by atoms with Crippen LogP contribution in [0.15, 0.2) is 23.1 Å². The molecule has 1 N–H and O–H groups in total. The summed E-state index contributed by atoms with van der Waals surface area (Å²) in [4.78, 5) is 26.5. The summed E-state index contributed by atoms with van der Waals surface area (Å²) in [5, 5.41) is 8.15. The summed E-state index contributed by atoms with van der Waals surface area (Å²) in [6, 6.07) is 1.86. The van der Waals surface area contributed by atoms with E-state index in [4.69, 9.17) is 0 Å². The van der Waals surface area contributed by atoms with E-state index in [1.165, 1.54) is 6.07 Å². The van der Waals surface area contributed by atoms with Gasteiger partial charge in [0.15, 0.2) is 9.84 Å². The molecular weight excluding hydrogens is 473 g/mol. The monoisotopic (exact) mass is 502 g/mol. The molecule has 4 rings (SSSR count). The number of likely N-dealkylation sites (tertiary alicyclic amines) is 1. The highest BCUT2D eigenvalue weighted by Gasteiger charge is 2.54. The van der Waals surface area contributed by atoms with Crippen LogP contribution < -0.4 is 4.90 Å². The summed E-state index contributed by atoms with van der Waals surface area (Å²) < 4.78 is 68.8. The first-order valence-electron chi connectivity index (χ1n) is 11.5. The van der Waals surface area contributed by atoms with Crippen molar-refractivity contribution in [1.29, 1.82) is 0 Å². The summed E-state index contributed by atoms with van der Waals surface area (Å²) >= 11 is 0. The van der Waals surface area contributed by atoms with Crippen LogP contribution in [0, 0.1) is 11.3 Å². The number of carboxylic acids is 1. The van der Waals surface area contributed by atoms with Gasteiger partial charge >= 0.3 is 12.1 Å². The maximum Gasteiger partial charge on any atom is 0.417 e. The maximum atomic E-state index is 14.0. The van der Waals surface area contributed by atoms with Gasteiger partial charge in [-0.3, -0.25) is 4.79 Å². The Hall–Kier alpha value is -2.30. The lowest BCUT2D eigenvalue weighted by Gasteiger charge is -2.32. The highest BCUT2D eigenvalue weighted by Crippen LogP contribution is 2.48. The van der Waals surface area contributed by atoms with E-state index >= 15 is 0 Å². The summed E-state index contributed by atoms with van der Waals surface area (Å²) in [6.07, 6.45) is -2.54. The topological polar surface area (TPSA) is 95.0 Å². The van der Waals surface area contributed by atoms with Crippen molar-refractivity contribution in [3.63, 3.8) is 0 Å². The van der Waals surface area contributed by atoms with Crippen LogP contribution in [-0.2, 0) is 25.6 Å². The number of sulfone groups is 1. The van der Waals surface area contributed by atoms with Gasteiger partial charge in [-0.15, -0.1) is 0 Å². The van der Waals surface area contributed by atoms with Crippen molar-refractivity contribution in [3.05, 3.63) is 23.8 Å². The Morgan fingerprint density at radius 2 is 1.76 bits per heavy atom. The molecule has 7 nitrogen and oxygen atoms in total. The first-order chi connectivity index (χ1) is 15.7. The second kappa shape index (κ2) is 8.42. The Kier molecular flexibility index (Phi) is 6.15. The van der Waals surface area contributed by atoms with Gasteiger partial charge in [0.2, 0.25) is 5.91 Å². The van der Waals surface area contributed by atoms with Crippen LogP contribution >= 0.6 is 0 Å². The molecule has 0 unspecified atom stereocenters. The lowest BCUT2D eigenvalue weighted by Crippen LogP contribution is -2.44. The number of amides is 1. The van der Waals surface area contributed by atoms with E-state index in [1.807, 2.05) is 4.90 Å². The number of benzene rings is 1. The molecule has 0 radical (unpaired) electrons. The molecule has 2 aliphatic heterocycles. The van der Waals surface area contributed by atoms with Crippen molar-refractivity contribution >= 4 is 27.4 Å². The average molecular weight is 503 g/mol. The summed E-state index contributed by atoms with van der Waals surface area (Å²) in [6.45, 7) is 4.50. The molecule has 188 valence electrons. The molecule has 1 aromatic carbocycles. The Labute approximate surface area is 196 Å². The Bertz CT molecular complexity index is 1090. The zero-order valence-corrected chi connectivity index (χ0v) is 20.0. The van der Waals surface area contributed by atoms with E-state index < -0.39 is 68.0 Å². The highest BCUT2D eigenvalue weighted by atomic mass is 32.2. The molecule has 0 bridgehead atoms. The Morgan fingerprint density at radius 1 is 1.15 bits per heavy atom. The van der Waals surface area contributed by atoms with Crippen molar-refractivity contribution in [3.8, 4) is 0 Å². The molecule has 1 aromatic rings. The van der Waals surface area contributed by atoms with E-state index in [-0.39, 0.29) is 0 Å². The minimum atomic E-state index is -4.91. The van der Waals surface area contributed by atoms with Crippen molar-refractivity contribution in [2.75, 3.05) is 24.5 Å². The van der Waals surface area contributed by atoms with Crippen LogP contribution in [0.2, 0.25) is 0 Å². The third kappa shape index (κ3) is 4.50. The number of aliphatic carboxylic acids is 1. The third-order valence-electron chi connectivity index (χ3n) is 7.49. The van der Waals surface area contributed by atoms with Gasteiger partial charge in [0.25, 0.3) is 0 Å². The van der Waals surface area contributed by atoms with E-state index in [0.29, 0.717) is 37.5 Å². The zero-order chi connectivity index (χ0) is 25.1. The van der Waals surface area contributed by atoms with E-state index in [0.717, 1.165) is 29.9 Å². The van der Waals surface area contributed by atoms with E-state index in [9.17, 15) is 36.3 Å². The molecule has 34 heavy (non-hydrogen) atoms. The molecule has 0 spiro atoms. The maximum absolute atomic E-state index is 14.0. The molecule has 1 saturated carbocycles. The van der Waals surface area contributed by atoms with Crippen LogP contribution in [-0.4, -0.2) is 61.2 Å². The second-order valence-corrected chi connectivity index (χ2v) is 12.3. The normalized spacial score (nSPS) is 25.4. The smallest absolute Gasteiger partial charge is 0.417 e. The van der Waals surface area contributed by atoms with Crippen molar-refractivity contribution in [1.82, 2.24) is 4.90 Å². The summed E-state index contributed by atoms with van der Waals surface area (Å²) in [5.74, 6) is -1.34. The molecule has 3 aliphatic rings. The van der Waals surface area contributed by atoms with E-state index in [1.54, 1.807) is 6.92 Å². The molecule has 11 heteroatoms. The molecule has 2 heterocycles. The van der Waals surface area contributed by atoms with Gasteiger partial charge in [0, 0.05) is 30.7 Å². The van der Waals surface area contributed by atoms with Gasteiger partial charge in [-0.2, -0.15) is 13.2 Å². The van der Waals surface area contributed by atoms with Crippen LogP contribution in [0.3, 0.4) is 0 Å². The highest BCUT2D eigenvalue weighted by molar-refractivity contribution is 7.92. The van der Waals surface area contributed by atoms with Crippen molar-refractivity contribution in [2.45, 2.75) is 68.3 Å². The fourth-order valence-electron chi connectivity index (χ4n) is 4.86. The molecular formula is C23H29F3N2O5S. The number of carbonyl (C=O) groups is 2. The van der Waals surface area contributed by atoms with Gasteiger partial charge in [-0.25, -0.2) is 13.2 Å². The molecule has 1 amide bonds. The third-order valence-corrected chi connectivity index (χ3v) is 9.68. The van der Waals surface area contributed by atoms with Crippen LogP contribution in [0.4, 0.5) is 18.9 Å². The number of hydrogen-bond acceptors (Lipinski definition) is 5. The predicted octanol–water partition coefficient (Wildman–Crippen LogP) is 3.57. The average Bonchev–Trinajstić information content (AvgIpc) is 3.34. The summed E-state index contributed by atoms with van der Waals surface area (Å²) in [5.41, 5.74) is -1.67. The van der Waals surface area contributed by atoms with Gasteiger partial charge in [0.1, 0.15) is 6.04 Å². The van der Waals surface area contributed by atoms with Gasteiger partial charge in [0.05, 0.1) is 15.7 Å². The fraction of sp³-hybridized carbons (Fsp3) is 0.652.